The van der Waals surface area contributed by atoms with Crippen molar-refractivity contribution in [2.45, 2.75) is 27.3 Å². The summed E-state index contributed by atoms with van der Waals surface area (Å²) < 4.78 is 1.51. The molecular formula is C11H15N7O. The standard InChI is InChI=1S/C11H15N7O/c1-4-18-9(8(12)5-13-18)10(19)15-11-14-6(2)7(3)16-17-11/h5H,4,12H2,1-3H3,(H,14,15,17,19). The van der Waals surface area contributed by atoms with E-state index in [0.29, 0.717) is 23.6 Å². The minimum atomic E-state index is -0.401. The highest BCUT2D eigenvalue weighted by Gasteiger charge is 2.17. The molecule has 3 N–H and O–H groups in total. The van der Waals surface area contributed by atoms with Crippen LogP contribution in [0.25, 0.3) is 0 Å². The highest BCUT2D eigenvalue weighted by atomic mass is 16.2. The molecule has 2 aromatic heterocycles. The number of hydrogen-bond acceptors (Lipinski definition) is 6. The van der Waals surface area contributed by atoms with Crippen molar-refractivity contribution in [3.05, 3.63) is 23.3 Å². The first-order valence-electron chi connectivity index (χ1n) is 5.83. The van der Waals surface area contributed by atoms with Gasteiger partial charge < -0.3 is 5.73 Å². The van der Waals surface area contributed by atoms with E-state index < -0.39 is 5.91 Å². The van der Waals surface area contributed by atoms with Crippen LogP contribution < -0.4 is 11.1 Å². The molecule has 0 radical (unpaired) electrons. The third-order valence-corrected chi connectivity index (χ3v) is 2.70. The maximum Gasteiger partial charge on any atom is 0.278 e. The second-order valence-electron chi connectivity index (χ2n) is 4.02. The molecule has 100 valence electrons. The summed E-state index contributed by atoms with van der Waals surface area (Å²) in [4.78, 5) is 16.2. The predicted molar refractivity (Wildman–Crippen MR) is 69.6 cm³/mol. The van der Waals surface area contributed by atoms with Gasteiger partial charge in [0.1, 0.15) is 5.69 Å². The van der Waals surface area contributed by atoms with E-state index in [2.05, 4.69) is 25.6 Å². The average molecular weight is 261 g/mol. The third-order valence-electron chi connectivity index (χ3n) is 2.70. The van der Waals surface area contributed by atoms with Crippen molar-refractivity contribution in [3.8, 4) is 0 Å². The molecule has 0 aliphatic carbocycles. The lowest BCUT2D eigenvalue weighted by Crippen LogP contribution is -2.20. The second kappa shape index (κ2) is 5.01. The van der Waals surface area contributed by atoms with E-state index in [0.717, 1.165) is 5.69 Å². The van der Waals surface area contributed by atoms with Crippen molar-refractivity contribution in [3.63, 3.8) is 0 Å². The fourth-order valence-corrected chi connectivity index (χ4v) is 1.56. The van der Waals surface area contributed by atoms with Gasteiger partial charge in [-0.25, -0.2) is 4.98 Å². The quantitative estimate of drug-likeness (QED) is 0.834. The maximum absolute atomic E-state index is 12.1. The van der Waals surface area contributed by atoms with Crippen LogP contribution in [0.5, 0.6) is 0 Å². The molecule has 0 saturated carbocycles. The first-order valence-corrected chi connectivity index (χ1v) is 5.83. The van der Waals surface area contributed by atoms with E-state index in [-0.39, 0.29) is 5.95 Å². The Balaban J connectivity index is 2.25. The number of rotatable bonds is 3. The smallest absolute Gasteiger partial charge is 0.278 e. The first-order chi connectivity index (χ1) is 9.02. The van der Waals surface area contributed by atoms with Gasteiger partial charge >= 0.3 is 0 Å². The number of amides is 1. The van der Waals surface area contributed by atoms with Crippen LogP contribution in [0.4, 0.5) is 11.6 Å². The topological polar surface area (TPSA) is 112 Å². The van der Waals surface area contributed by atoms with Crippen LogP contribution in [0.1, 0.15) is 28.8 Å². The van der Waals surface area contributed by atoms with Gasteiger partial charge in [0.15, 0.2) is 0 Å². The maximum atomic E-state index is 12.1. The monoisotopic (exact) mass is 261 g/mol. The lowest BCUT2D eigenvalue weighted by molar-refractivity contribution is 0.101. The number of carbonyl (C=O) groups excluding carboxylic acids is 1. The van der Waals surface area contributed by atoms with E-state index >= 15 is 0 Å². The minimum Gasteiger partial charge on any atom is -0.396 e. The first kappa shape index (κ1) is 12.9. The van der Waals surface area contributed by atoms with Crippen LogP contribution in [-0.4, -0.2) is 30.9 Å². The Bertz CT molecular complexity index is 620. The number of nitrogens with two attached hydrogens (primary N) is 1. The molecule has 0 aliphatic heterocycles. The zero-order valence-corrected chi connectivity index (χ0v) is 11.0. The molecule has 0 spiro atoms. The number of nitrogens with zero attached hydrogens (tertiary/aromatic N) is 5. The number of nitrogen functional groups attached to an aromatic ring is 1. The van der Waals surface area contributed by atoms with Crippen molar-refractivity contribution in [2.24, 2.45) is 0 Å². The van der Waals surface area contributed by atoms with Crippen LogP contribution in [0.2, 0.25) is 0 Å². The largest absolute Gasteiger partial charge is 0.396 e. The zero-order valence-electron chi connectivity index (χ0n) is 11.0. The fraction of sp³-hybridized carbons (Fsp3) is 0.364. The Kier molecular flexibility index (Phi) is 3.41. The Morgan fingerprint density at radius 2 is 2.11 bits per heavy atom. The molecule has 0 atom stereocenters. The third kappa shape index (κ3) is 2.51. The van der Waals surface area contributed by atoms with Gasteiger partial charge in [-0.2, -0.15) is 10.2 Å². The number of anilines is 2. The van der Waals surface area contributed by atoms with Crippen LogP contribution in [-0.2, 0) is 6.54 Å². The number of nitrogens with one attached hydrogen (secondary N) is 1. The summed E-state index contributed by atoms with van der Waals surface area (Å²) in [6.07, 6.45) is 1.44. The molecule has 0 bridgehead atoms. The van der Waals surface area contributed by atoms with Crippen molar-refractivity contribution < 1.29 is 4.79 Å². The highest BCUT2D eigenvalue weighted by molar-refractivity contribution is 6.05. The van der Waals surface area contributed by atoms with Crippen LogP contribution in [0.3, 0.4) is 0 Å². The number of carbonyl (C=O) groups is 1. The molecule has 2 aromatic rings. The molecule has 8 nitrogen and oxygen atoms in total. The normalized spacial score (nSPS) is 10.5. The summed E-state index contributed by atoms with van der Waals surface area (Å²) >= 11 is 0. The molecule has 2 rings (SSSR count). The van der Waals surface area contributed by atoms with E-state index in [1.54, 1.807) is 13.8 Å². The molecule has 2 heterocycles. The van der Waals surface area contributed by atoms with E-state index in [1.807, 2.05) is 6.92 Å². The van der Waals surface area contributed by atoms with Gasteiger partial charge in [0.05, 0.1) is 23.3 Å². The summed E-state index contributed by atoms with van der Waals surface area (Å²) in [6, 6.07) is 0. The number of aryl methyl sites for hydroxylation is 3. The molecule has 19 heavy (non-hydrogen) atoms. The van der Waals surface area contributed by atoms with Gasteiger partial charge in [-0.3, -0.25) is 14.8 Å². The summed E-state index contributed by atoms with van der Waals surface area (Å²) in [5.74, 6) is -0.252. The molecular weight excluding hydrogens is 246 g/mol. The second-order valence-corrected chi connectivity index (χ2v) is 4.02. The highest BCUT2D eigenvalue weighted by Crippen LogP contribution is 2.12. The summed E-state index contributed by atoms with van der Waals surface area (Å²) in [7, 11) is 0. The SMILES string of the molecule is CCn1ncc(N)c1C(=O)Nc1nnc(C)c(C)n1. The minimum absolute atomic E-state index is 0.149. The Hall–Kier alpha value is -2.51. The Labute approximate surface area is 110 Å². The molecule has 8 heteroatoms. The number of hydrogen-bond donors (Lipinski definition) is 2. The molecule has 0 saturated heterocycles. The average Bonchev–Trinajstić information content (AvgIpc) is 2.75. The van der Waals surface area contributed by atoms with Gasteiger partial charge in [-0.15, -0.1) is 5.10 Å². The van der Waals surface area contributed by atoms with E-state index in [9.17, 15) is 4.79 Å². The predicted octanol–water partition coefficient (Wildman–Crippen LogP) is 0.539. The lowest BCUT2D eigenvalue weighted by Gasteiger charge is -2.07. The molecule has 0 aromatic carbocycles. The van der Waals surface area contributed by atoms with Crippen LogP contribution in [0, 0.1) is 13.8 Å². The van der Waals surface area contributed by atoms with Crippen molar-refractivity contribution in [1.29, 1.82) is 0 Å². The Morgan fingerprint density at radius 3 is 2.74 bits per heavy atom. The fourth-order valence-electron chi connectivity index (χ4n) is 1.56. The summed E-state index contributed by atoms with van der Waals surface area (Å²) in [6.45, 7) is 6.01. The zero-order chi connectivity index (χ0) is 14.0. The van der Waals surface area contributed by atoms with Gasteiger partial charge in [0.2, 0.25) is 5.95 Å². The van der Waals surface area contributed by atoms with E-state index in [4.69, 9.17) is 5.73 Å². The van der Waals surface area contributed by atoms with Gasteiger partial charge in [-0.1, -0.05) is 0 Å². The van der Waals surface area contributed by atoms with Crippen molar-refractivity contribution in [1.82, 2.24) is 25.0 Å². The molecule has 1 amide bonds. The van der Waals surface area contributed by atoms with Gasteiger partial charge in [0.25, 0.3) is 5.91 Å². The van der Waals surface area contributed by atoms with Crippen LogP contribution >= 0.6 is 0 Å². The van der Waals surface area contributed by atoms with Gasteiger partial charge in [-0.05, 0) is 20.8 Å². The Morgan fingerprint density at radius 1 is 1.37 bits per heavy atom. The van der Waals surface area contributed by atoms with Gasteiger partial charge in [0, 0.05) is 6.54 Å². The van der Waals surface area contributed by atoms with Crippen molar-refractivity contribution >= 4 is 17.5 Å². The molecule has 0 aliphatic rings. The lowest BCUT2D eigenvalue weighted by atomic mass is 10.3. The molecule has 0 fully saturated rings. The van der Waals surface area contributed by atoms with E-state index in [1.165, 1.54) is 10.9 Å². The van der Waals surface area contributed by atoms with Crippen molar-refractivity contribution in [2.75, 3.05) is 11.1 Å². The van der Waals surface area contributed by atoms with Crippen LogP contribution in [0.15, 0.2) is 6.20 Å². The molecule has 0 unspecified atom stereocenters. The number of aromatic nitrogens is 5. The summed E-state index contributed by atoms with van der Waals surface area (Å²) in [5.41, 5.74) is 7.77. The summed E-state index contributed by atoms with van der Waals surface area (Å²) in [5, 5.41) is 14.3.